The number of rotatable bonds is 4. The summed E-state index contributed by atoms with van der Waals surface area (Å²) in [6, 6.07) is 3.26. The lowest BCUT2D eigenvalue weighted by Crippen LogP contribution is -2.15. The molecule has 2 aromatic rings. The molecule has 5 heteroatoms. The van der Waals surface area contributed by atoms with Crippen molar-refractivity contribution in [3.8, 4) is 5.75 Å². The molecule has 1 unspecified atom stereocenters. The van der Waals surface area contributed by atoms with Crippen molar-refractivity contribution in [1.29, 1.82) is 0 Å². The first-order valence-electron chi connectivity index (χ1n) is 6.31. The van der Waals surface area contributed by atoms with E-state index in [-0.39, 0.29) is 5.56 Å². The molecule has 2 N–H and O–H groups in total. The fourth-order valence-electron chi connectivity index (χ4n) is 1.95. The Kier molecular flexibility index (Phi) is 4.29. The number of halogens is 2. The van der Waals surface area contributed by atoms with E-state index in [0.29, 0.717) is 23.5 Å². The quantitative estimate of drug-likeness (QED) is 0.934. The molecule has 0 saturated heterocycles. The summed E-state index contributed by atoms with van der Waals surface area (Å²) in [7, 11) is 0. The molecule has 3 nitrogen and oxygen atoms in total. The average Bonchev–Trinajstić information content (AvgIpc) is 2.43. The zero-order valence-electron chi connectivity index (χ0n) is 11.4. The molecule has 1 atom stereocenters. The van der Waals surface area contributed by atoms with Gasteiger partial charge in [-0.15, -0.1) is 0 Å². The standard InChI is InChI=1S/C15H16F2N2O/c1-3-20-11-5-10(7-19-8-11)15(18)12-4-9(2)13(16)6-14(12)17/h4-8,15H,3,18H2,1-2H3. The number of hydrogen-bond acceptors (Lipinski definition) is 3. The Balaban J connectivity index is 2.38. The fraction of sp³-hybridized carbons (Fsp3) is 0.267. The van der Waals surface area contributed by atoms with Gasteiger partial charge < -0.3 is 10.5 Å². The highest BCUT2D eigenvalue weighted by molar-refractivity contribution is 5.36. The molecule has 0 fully saturated rings. The zero-order valence-corrected chi connectivity index (χ0v) is 11.4. The number of aromatic nitrogens is 1. The molecular weight excluding hydrogens is 262 g/mol. The molecule has 0 aliphatic heterocycles. The summed E-state index contributed by atoms with van der Waals surface area (Å²) in [4.78, 5) is 4.02. The fourth-order valence-corrected chi connectivity index (χ4v) is 1.95. The van der Waals surface area contributed by atoms with Crippen LogP contribution in [0.5, 0.6) is 5.75 Å². The van der Waals surface area contributed by atoms with Gasteiger partial charge in [0.1, 0.15) is 17.4 Å². The van der Waals surface area contributed by atoms with Crippen molar-refractivity contribution in [2.75, 3.05) is 6.61 Å². The van der Waals surface area contributed by atoms with E-state index in [2.05, 4.69) is 4.98 Å². The van der Waals surface area contributed by atoms with Gasteiger partial charge in [0.25, 0.3) is 0 Å². The molecule has 1 aromatic heterocycles. The number of pyridine rings is 1. The largest absolute Gasteiger partial charge is 0.492 e. The zero-order chi connectivity index (χ0) is 14.7. The first-order valence-corrected chi connectivity index (χ1v) is 6.31. The molecule has 1 heterocycles. The SMILES string of the molecule is CCOc1cncc(C(N)c2cc(C)c(F)cc2F)c1. The molecule has 0 aliphatic carbocycles. The van der Waals surface area contributed by atoms with Gasteiger partial charge in [-0.3, -0.25) is 4.98 Å². The van der Waals surface area contributed by atoms with Crippen LogP contribution in [-0.4, -0.2) is 11.6 Å². The Bertz CT molecular complexity index is 617. The van der Waals surface area contributed by atoms with Crippen molar-refractivity contribution in [1.82, 2.24) is 4.98 Å². The summed E-state index contributed by atoms with van der Waals surface area (Å²) in [6.07, 6.45) is 3.11. The molecular formula is C15H16F2N2O. The monoisotopic (exact) mass is 278 g/mol. The van der Waals surface area contributed by atoms with Crippen molar-refractivity contribution < 1.29 is 13.5 Å². The first-order chi connectivity index (χ1) is 9.52. The maximum atomic E-state index is 13.8. The van der Waals surface area contributed by atoms with Gasteiger partial charge in [-0.2, -0.15) is 0 Å². The number of nitrogens with two attached hydrogens (primary N) is 1. The minimum Gasteiger partial charge on any atom is -0.492 e. The number of hydrogen-bond donors (Lipinski definition) is 1. The molecule has 0 saturated carbocycles. The molecule has 0 radical (unpaired) electrons. The Morgan fingerprint density at radius 2 is 1.95 bits per heavy atom. The van der Waals surface area contributed by atoms with Gasteiger partial charge >= 0.3 is 0 Å². The Morgan fingerprint density at radius 1 is 1.20 bits per heavy atom. The van der Waals surface area contributed by atoms with E-state index in [1.807, 2.05) is 6.92 Å². The molecule has 106 valence electrons. The van der Waals surface area contributed by atoms with Gasteiger partial charge in [0.15, 0.2) is 0 Å². The van der Waals surface area contributed by atoms with E-state index in [1.54, 1.807) is 25.4 Å². The van der Waals surface area contributed by atoms with Crippen LogP contribution in [-0.2, 0) is 0 Å². The van der Waals surface area contributed by atoms with E-state index >= 15 is 0 Å². The van der Waals surface area contributed by atoms with Crippen molar-refractivity contribution in [3.05, 3.63) is 58.9 Å². The maximum Gasteiger partial charge on any atom is 0.137 e. The van der Waals surface area contributed by atoms with E-state index < -0.39 is 17.7 Å². The lowest BCUT2D eigenvalue weighted by Gasteiger charge is -2.15. The lowest BCUT2D eigenvalue weighted by molar-refractivity contribution is 0.338. The normalized spacial score (nSPS) is 12.2. The number of benzene rings is 1. The minimum absolute atomic E-state index is 0.236. The average molecular weight is 278 g/mol. The van der Waals surface area contributed by atoms with Gasteiger partial charge in [-0.05, 0) is 37.1 Å². The molecule has 1 aromatic carbocycles. The maximum absolute atomic E-state index is 13.8. The van der Waals surface area contributed by atoms with Crippen molar-refractivity contribution >= 4 is 0 Å². The second-order valence-corrected chi connectivity index (χ2v) is 4.49. The number of nitrogens with zero attached hydrogens (tertiary/aromatic N) is 1. The van der Waals surface area contributed by atoms with Crippen molar-refractivity contribution in [2.24, 2.45) is 5.73 Å². The van der Waals surface area contributed by atoms with E-state index in [9.17, 15) is 8.78 Å². The highest BCUT2D eigenvalue weighted by atomic mass is 19.1. The summed E-state index contributed by atoms with van der Waals surface area (Å²) in [6.45, 7) is 3.93. The van der Waals surface area contributed by atoms with Crippen LogP contribution in [0.4, 0.5) is 8.78 Å². The van der Waals surface area contributed by atoms with E-state index in [1.165, 1.54) is 6.07 Å². The second-order valence-electron chi connectivity index (χ2n) is 4.49. The van der Waals surface area contributed by atoms with Crippen LogP contribution in [0.15, 0.2) is 30.6 Å². The highest BCUT2D eigenvalue weighted by Gasteiger charge is 2.16. The Labute approximate surface area is 116 Å². The predicted molar refractivity (Wildman–Crippen MR) is 72.5 cm³/mol. The van der Waals surface area contributed by atoms with Gasteiger partial charge in [-0.1, -0.05) is 0 Å². The molecule has 0 spiro atoms. The summed E-state index contributed by atoms with van der Waals surface area (Å²) in [5, 5.41) is 0. The van der Waals surface area contributed by atoms with Gasteiger partial charge in [-0.25, -0.2) is 8.78 Å². The van der Waals surface area contributed by atoms with Crippen LogP contribution in [0.1, 0.15) is 29.7 Å². The van der Waals surface area contributed by atoms with Gasteiger partial charge in [0.2, 0.25) is 0 Å². The minimum atomic E-state index is -0.720. The summed E-state index contributed by atoms with van der Waals surface area (Å²) in [5.41, 5.74) is 7.24. The summed E-state index contributed by atoms with van der Waals surface area (Å²) >= 11 is 0. The van der Waals surface area contributed by atoms with Crippen molar-refractivity contribution in [3.63, 3.8) is 0 Å². The van der Waals surface area contributed by atoms with Crippen LogP contribution in [0.2, 0.25) is 0 Å². The van der Waals surface area contributed by atoms with Gasteiger partial charge in [0.05, 0.1) is 18.8 Å². The van der Waals surface area contributed by atoms with E-state index in [4.69, 9.17) is 10.5 Å². The van der Waals surface area contributed by atoms with Crippen LogP contribution >= 0.6 is 0 Å². The van der Waals surface area contributed by atoms with Crippen molar-refractivity contribution in [2.45, 2.75) is 19.9 Å². The summed E-state index contributed by atoms with van der Waals surface area (Å²) < 4.78 is 32.5. The second kappa shape index (κ2) is 5.96. The van der Waals surface area contributed by atoms with Crippen LogP contribution in [0, 0.1) is 18.6 Å². The molecule has 20 heavy (non-hydrogen) atoms. The Hall–Kier alpha value is -2.01. The lowest BCUT2D eigenvalue weighted by atomic mass is 9.98. The van der Waals surface area contributed by atoms with Gasteiger partial charge in [0, 0.05) is 17.8 Å². The number of ether oxygens (including phenoxy) is 1. The van der Waals surface area contributed by atoms with Crippen LogP contribution < -0.4 is 10.5 Å². The summed E-state index contributed by atoms with van der Waals surface area (Å²) in [5.74, 6) is -0.679. The topological polar surface area (TPSA) is 48.1 Å². The first kappa shape index (κ1) is 14.4. The highest BCUT2D eigenvalue weighted by Crippen LogP contribution is 2.26. The van der Waals surface area contributed by atoms with E-state index in [0.717, 1.165) is 6.07 Å². The molecule has 0 amide bonds. The predicted octanol–water partition coefficient (Wildman–Crippen LogP) is 3.12. The molecule has 0 bridgehead atoms. The third-order valence-electron chi connectivity index (χ3n) is 3.02. The van der Waals surface area contributed by atoms with Crippen LogP contribution in [0.25, 0.3) is 0 Å². The third-order valence-corrected chi connectivity index (χ3v) is 3.02. The molecule has 0 aliphatic rings. The molecule has 2 rings (SSSR count). The van der Waals surface area contributed by atoms with Crippen LogP contribution in [0.3, 0.4) is 0 Å². The number of aryl methyl sites for hydroxylation is 1. The smallest absolute Gasteiger partial charge is 0.137 e. The Morgan fingerprint density at radius 3 is 2.65 bits per heavy atom. The third kappa shape index (κ3) is 2.93.